The van der Waals surface area contributed by atoms with Crippen LogP contribution in [-0.2, 0) is 13.2 Å². The average molecular weight is 424 g/mol. The predicted octanol–water partition coefficient (Wildman–Crippen LogP) is 5.48. The Hall–Kier alpha value is -3.09. The van der Waals surface area contributed by atoms with Gasteiger partial charge in [0.15, 0.2) is 0 Å². The van der Waals surface area contributed by atoms with E-state index in [4.69, 9.17) is 16.3 Å². The highest BCUT2D eigenvalue weighted by Gasteiger charge is 2.11. The zero-order chi connectivity index (χ0) is 20.1. The Balaban J connectivity index is 1.33. The first-order chi connectivity index (χ1) is 14.2. The summed E-state index contributed by atoms with van der Waals surface area (Å²) >= 11 is 7.34. The molecule has 5 nitrogen and oxygen atoms in total. The van der Waals surface area contributed by atoms with E-state index in [1.165, 1.54) is 11.3 Å². The van der Waals surface area contributed by atoms with E-state index in [2.05, 4.69) is 10.4 Å². The fraction of sp³-hybridized carbons (Fsp3) is 0.0909. The number of benzene rings is 2. The van der Waals surface area contributed by atoms with Crippen molar-refractivity contribution in [1.82, 2.24) is 9.78 Å². The van der Waals surface area contributed by atoms with Crippen LogP contribution in [0.4, 0.5) is 5.69 Å². The van der Waals surface area contributed by atoms with Crippen molar-refractivity contribution in [1.29, 1.82) is 0 Å². The first-order valence-corrected chi connectivity index (χ1v) is 10.2. The number of hydrogen-bond donors (Lipinski definition) is 1. The van der Waals surface area contributed by atoms with Gasteiger partial charge in [-0.2, -0.15) is 5.10 Å². The standard InChI is InChI=1S/C22H18ClN3O2S/c23-18-7-4-8-20(10-18)28-14-17-9-21(29-15-17)22(27)25-19-11-24-26(13-19)12-16-5-2-1-3-6-16/h1-11,13,15H,12,14H2,(H,25,27). The zero-order valence-electron chi connectivity index (χ0n) is 15.4. The molecule has 0 spiro atoms. The lowest BCUT2D eigenvalue weighted by Gasteiger charge is -2.04. The summed E-state index contributed by atoms with van der Waals surface area (Å²) in [6, 6.07) is 19.1. The first-order valence-electron chi connectivity index (χ1n) is 8.99. The summed E-state index contributed by atoms with van der Waals surface area (Å²) in [5.41, 5.74) is 2.74. The maximum Gasteiger partial charge on any atom is 0.265 e. The molecule has 1 N–H and O–H groups in total. The third-order valence-electron chi connectivity index (χ3n) is 4.16. The topological polar surface area (TPSA) is 56.2 Å². The molecule has 0 aliphatic heterocycles. The van der Waals surface area contributed by atoms with E-state index in [0.717, 1.165) is 11.1 Å². The third kappa shape index (κ3) is 5.25. The molecule has 7 heteroatoms. The number of thiophene rings is 1. The lowest BCUT2D eigenvalue weighted by atomic mass is 10.2. The van der Waals surface area contributed by atoms with Gasteiger partial charge in [-0.25, -0.2) is 0 Å². The Bertz CT molecular complexity index is 1110. The molecular formula is C22H18ClN3O2S. The number of nitrogens with one attached hydrogen (secondary N) is 1. The van der Waals surface area contributed by atoms with Crippen molar-refractivity contribution in [3.63, 3.8) is 0 Å². The highest BCUT2D eigenvalue weighted by atomic mass is 35.5. The van der Waals surface area contributed by atoms with Crippen LogP contribution in [0.15, 0.2) is 78.4 Å². The second-order valence-electron chi connectivity index (χ2n) is 6.43. The minimum atomic E-state index is -0.164. The summed E-state index contributed by atoms with van der Waals surface area (Å²) in [4.78, 5) is 13.1. The number of anilines is 1. The van der Waals surface area contributed by atoms with Crippen LogP contribution in [0.5, 0.6) is 5.75 Å². The van der Waals surface area contributed by atoms with Crippen molar-refractivity contribution in [2.45, 2.75) is 13.2 Å². The number of nitrogens with zero attached hydrogens (tertiary/aromatic N) is 2. The van der Waals surface area contributed by atoms with Crippen molar-refractivity contribution in [3.8, 4) is 5.75 Å². The lowest BCUT2D eigenvalue weighted by Crippen LogP contribution is -2.09. The number of hydrogen-bond acceptors (Lipinski definition) is 4. The largest absolute Gasteiger partial charge is 0.489 e. The number of rotatable bonds is 7. The van der Waals surface area contributed by atoms with Gasteiger partial charge in [0.1, 0.15) is 12.4 Å². The van der Waals surface area contributed by atoms with Crippen LogP contribution in [0, 0.1) is 0 Å². The van der Waals surface area contributed by atoms with Crippen molar-refractivity contribution in [3.05, 3.63) is 99.5 Å². The quantitative estimate of drug-likeness (QED) is 0.428. The molecule has 0 aliphatic rings. The van der Waals surface area contributed by atoms with Gasteiger partial charge in [-0.1, -0.05) is 48.0 Å². The van der Waals surface area contributed by atoms with Gasteiger partial charge in [0.2, 0.25) is 0 Å². The van der Waals surface area contributed by atoms with Gasteiger partial charge in [0.25, 0.3) is 5.91 Å². The monoisotopic (exact) mass is 423 g/mol. The normalized spacial score (nSPS) is 10.7. The van der Waals surface area contributed by atoms with Crippen LogP contribution in [0.1, 0.15) is 20.8 Å². The molecule has 4 rings (SSSR count). The summed E-state index contributed by atoms with van der Waals surface area (Å²) in [6.07, 6.45) is 3.47. The first kappa shape index (κ1) is 19.2. The molecule has 0 radical (unpaired) electrons. The Morgan fingerprint density at radius 3 is 2.79 bits per heavy atom. The molecule has 0 saturated carbocycles. The maximum atomic E-state index is 12.5. The van der Waals surface area contributed by atoms with Gasteiger partial charge in [-0.15, -0.1) is 11.3 Å². The minimum Gasteiger partial charge on any atom is -0.489 e. The molecule has 2 aromatic carbocycles. The molecule has 0 fully saturated rings. The zero-order valence-corrected chi connectivity index (χ0v) is 17.0. The molecule has 0 bridgehead atoms. The highest BCUT2D eigenvalue weighted by molar-refractivity contribution is 7.12. The van der Waals surface area contributed by atoms with Crippen LogP contribution in [0.25, 0.3) is 0 Å². The van der Waals surface area contributed by atoms with Gasteiger partial charge >= 0.3 is 0 Å². The fourth-order valence-electron chi connectivity index (χ4n) is 2.77. The second kappa shape index (κ2) is 8.94. The molecular weight excluding hydrogens is 406 g/mol. The van der Waals surface area contributed by atoms with Gasteiger partial charge in [-0.05, 0) is 35.2 Å². The molecule has 0 saturated heterocycles. The van der Waals surface area contributed by atoms with Crippen LogP contribution in [0.3, 0.4) is 0 Å². The van der Waals surface area contributed by atoms with Crippen molar-refractivity contribution in [2.24, 2.45) is 0 Å². The van der Waals surface area contributed by atoms with Crippen LogP contribution in [0.2, 0.25) is 5.02 Å². The van der Waals surface area contributed by atoms with E-state index in [1.807, 2.05) is 60.1 Å². The average Bonchev–Trinajstić information content (AvgIpc) is 3.37. The van der Waals surface area contributed by atoms with Crippen molar-refractivity contribution < 1.29 is 9.53 Å². The summed E-state index contributed by atoms with van der Waals surface area (Å²) in [7, 11) is 0. The summed E-state index contributed by atoms with van der Waals surface area (Å²) < 4.78 is 7.52. The highest BCUT2D eigenvalue weighted by Crippen LogP contribution is 2.21. The van der Waals surface area contributed by atoms with Gasteiger partial charge < -0.3 is 10.1 Å². The lowest BCUT2D eigenvalue weighted by molar-refractivity contribution is 0.103. The number of amides is 1. The van der Waals surface area contributed by atoms with Crippen molar-refractivity contribution in [2.75, 3.05) is 5.32 Å². The molecule has 146 valence electrons. The smallest absolute Gasteiger partial charge is 0.265 e. The van der Waals surface area contributed by atoms with E-state index in [0.29, 0.717) is 34.5 Å². The van der Waals surface area contributed by atoms with Gasteiger partial charge in [-0.3, -0.25) is 9.48 Å². The number of carbonyl (C=O) groups excluding carboxylic acids is 1. The predicted molar refractivity (Wildman–Crippen MR) is 116 cm³/mol. The Kier molecular flexibility index (Phi) is 5.93. The van der Waals surface area contributed by atoms with Crippen LogP contribution >= 0.6 is 22.9 Å². The number of ether oxygens (including phenoxy) is 1. The summed E-state index contributed by atoms with van der Waals surface area (Å²) in [6.45, 7) is 1.03. The van der Waals surface area contributed by atoms with E-state index in [9.17, 15) is 4.79 Å². The molecule has 0 unspecified atom stereocenters. The summed E-state index contributed by atoms with van der Waals surface area (Å²) in [5.74, 6) is 0.531. The Labute approximate surface area is 177 Å². The maximum absolute atomic E-state index is 12.5. The third-order valence-corrected chi connectivity index (χ3v) is 5.37. The molecule has 2 heterocycles. The SMILES string of the molecule is O=C(Nc1cnn(Cc2ccccc2)c1)c1cc(COc2cccc(Cl)c2)cs1. The van der Waals surface area contributed by atoms with E-state index < -0.39 is 0 Å². The molecule has 29 heavy (non-hydrogen) atoms. The number of halogens is 1. The number of carbonyl (C=O) groups is 1. The van der Waals surface area contributed by atoms with E-state index in [-0.39, 0.29) is 5.91 Å². The Morgan fingerprint density at radius 1 is 1.10 bits per heavy atom. The van der Waals surface area contributed by atoms with E-state index >= 15 is 0 Å². The second-order valence-corrected chi connectivity index (χ2v) is 7.78. The molecule has 2 aromatic heterocycles. The molecule has 4 aromatic rings. The van der Waals surface area contributed by atoms with Crippen LogP contribution < -0.4 is 10.1 Å². The van der Waals surface area contributed by atoms with Gasteiger partial charge in [0.05, 0.1) is 23.3 Å². The van der Waals surface area contributed by atoms with Crippen LogP contribution in [-0.4, -0.2) is 15.7 Å². The summed E-state index contributed by atoms with van der Waals surface area (Å²) in [5, 5.41) is 9.74. The molecule has 0 aliphatic carbocycles. The van der Waals surface area contributed by atoms with E-state index in [1.54, 1.807) is 23.0 Å². The number of aromatic nitrogens is 2. The fourth-order valence-corrected chi connectivity index (χ4v) is 3.74. The molecule has 0 atom stereocenters. The van der Waals surface area contributed by atoms with Gasteiger partial charge in [0, 0.05) is 16.8 Å². The Morgan fingerprint density at radius 2 is 1.97 bits per heavy atom. The minimum absolute atomic E-state index is 0.164. The van der Waals surface area contributed by atoms with Crippen molar-refractivity contribution >= 4 is 34.5 Å². The molecule has 1 amide bonds.